The zero-order valence-corrected chi connectivity index (χ0v) is 20.7. The van der Waals surface area contributed by atoms with Crippen LogP contribution in [0.5, 0.6) is 0 Å². The Kier molecular flexibility index (Phi) is 8.41. The maximum absolute atomic E-state index is 12.9. The summed E-state index contributed by atoms with van der Waals surface area (Å²) in [5.74, 6) is -0.937. The highest BCUT2D eigenvalue weighted by atomic mass is 16.6. The van der Waals surface area contributed by atoms with Crippen molar-refractivity contribution in [1.29, 1.82) is 0 Å². The van der Waals surface area contributed by atoms with Crippen LogP contribution in [-0.2, 0) is 32.2 Å². The fourth-order valence-corrected chi connectivity index (χ4v) is 3.26. The second kappa shape index (κ2) is 11.5. The molecule has 0 unspecified atom stereocenters. The van der Waals surface area contributed by atoms with Gasteiger partial charge in [-0.3, -0.25) is 4.79 Å². The lowest BCUT2D eigenvalue weighted by Gasteiger charge is -2.23. The first-order valence-electron chi connectivity index (χ1n) is 11.5. The number of hydrogen-bond acceptors (Lipinski definition) is 9. The molecule has 2 aromatic heterocycles. The normalized spacial score (nSPS) is 13.0. The summed E-state index contributed by atoms with van der Waals surface area (Å²) in [5.41, 5.74) is 6.88. The molecule has 3 rings (SSSR count). The number of nitrogens with one attached hydrogen (secondary N) is 2. The number of alkyl carbamates (subject to hydrolysis) is 1. The van der Waals surface area contributed by atoms with Gasteiger partial charge in [0.25, 0.3) is 0 Å². The first-order chi connectivity index (χ1) is 17.0. The summed E-state index contributed by atoms with van der Waals surface area (Å²) in [6, 6.07) is 7.24. The van der Waals surface area contributed by atoms with Crippen LogP contribution in [0.2, 0.25) is 0 Å². The van der Waals surface area contributed by atoms with Crippen molar-refractivity contribution >= 4 is 35.0 Å². The molecule has 2 amide bonds. The Morgan fingerprint density at radius 3 is 2.50 bits per heavy atom. The lowest BCUT2D eigenvalue weighted by atomic mass is 10.1. The minimum Gasteiger partial charge on any atom is -0.459 e. The predicted molar refractivity (Wildman–Crippen MR) is 131 cm³/mol. The van der Waals surface area contributed by atoms with E-state index >= 15 is 0 Å². The van der Waals surface area contributed by atoms with Crippen molar-refractivity contribution in [2.24, 2.45) is 0 Å². The lowest BCUT2D eigenvalue weighted by molar-refractivity contribution is -0.149. The lowest BCUT2D eigenvalue weighted by Crippen LogP contribution is -2.51. The van der Waals surface area contributed by atoms with Gasteiger partial charge in [0.05, 0.1) is 6.33 Å². The molecule has 0 aliphatic rings. The van der Waals surface area contributed by atoms with Crippen molar-refractivity contribution in [3.63, 3.8) is 0 Å². The first kappa shape index (κ1) is 26.4. The van der Waals surface area contributed by atoms with Crippen LogP contribution in [0.3, 0.4) is 0 Å². The van der Waals surface area contributed by atoms with E-state index in [0.717, 1.165) is 5.56 Å². The maximum atomic E-state index is 12.9. The van der Waals surface area contributed by atoms with Gasteiger partial charge in [-0.15, -0.1) is 0 Å². The molecule has 0 aliphatic carbocycles. The Balaban J connectivity index is 1.69. The van der Waals surface area contributed by atoms with Crippen molar-refractivity contribution in [3.05, 3.63) is 48.5 Å². The Labute approximate surface area is 208 Å². The molecule has 0 spiro atoms. The second-order valence-electron chi connectivity index (χ2n) is 9.18. The number of nitrogens with zero attached hydrogens (tertiary/aromatic N) is 4. The summed E-state index contributed by atoms with van der Waals surface area (Å²) in [6.07, 6.45) is 2.30. The average molecular weight is 498 g/mol. The van der Waals surface area contributed by atoms with Gasteiger partial charge in [0.1, 0.15) is 36.1 Å². The Hall–Kier alpha value is -4.22. The van der Waals surface area contributed by atoms with E-state index in [1.807, 2.05) is 30.3 Å². The van der Waals surface area contributed by atoms with Crippen LogP contribution in [-0.4, -0.2) is 55.2 Å². The zero-order chi connectivity index (χ0) is 26.3. The molecule has 0 radical (unpaired) electrons. The van der Waals surface area contributed by atoms with Gasteiger partial charge < -0.3 is 30.4 Å². The molecule has 2 atom stereocenters. The fourth-order valence-electron chi connectivity index (χ4n) is 3.26. The summed E-state index contributed by atoms with van der Waals surface area (Å²) in [6.45, 7) is 6.98. The number of aryl methyl sites for hydroxylation is 1. The molecule has 1 aromatic carbocycles. The number of imidazole rings is 1. The minimum atomic E-state index is -0.999. The number of nitrogen functional groups attached to an aromatic ring is 1. The number of nitrogens with two attached hydrogens (primary N) is 1. The van der Waals surface area contributed by atoms with Crippen LogP contribution >= 0.6 is 0 Å². The van der Waals surface area contributed by atoms with Gasteiger partial charge in [-0.25, -0.2) is 24.5 Å². The molecule has 12 heteroatoms. The van der Waals surface area contributed by atoms with Crippen molar-refractivity contribution in [2.45, 2.75) is 65.0 Å². The highest BCUT2D eigenvalue weighted by Gasteiger charge is 2.27. The summed E-state index contributed by atoms with van der Waals surface area (Å²) in [7, 11) is 0. The van der Waals surface area contributed by atoms with Gasteiger partial charge in [0.2, 0.25) is 5.91 Å². The van der Waals surface area contributed by atoms with Crippen LogP contribution in [0, 0.1) is 0 Å². The standard InChI is InChI=1S/C24H31N7O5/c1-15(29-23(34)36-24(2,3)4)21(32)30-17(22(33)35-12-16-8-6-5-7-9-16)10-11-31-14-28-18-19(25)26-13-27-20(18)31/h5-9,13-15,17H,10-12H2,1-4H3,(H,29,34)(H,30,32)(H2,25,26,27)/t15-,17+/m1/s1. The third-order valence-electron chi connectivity index (χ3n) is 5.04. The second-order valence-corrected chi connectivity index (χ2v) is 9.18. The monoisotopic (exact) mass is 497 g/mol. The molecule has 4 N–H and O–H groups in total. The molecule has 36 heavy (non-hydrogen) atoms. The number of ether oxygens (including phenoxy) is 2. The van der Waals surface area contributed by atoms with E-state index in [1.54, 1.807) is 25.3 Å². The largest absolute Gasteiger partial charge is 0.459 e. The Morgan fingerprint density at radius 1 is 1.08 bits per heavy atom. The van der Waals surface area contributed by atoms with E-state index in [1.165, 1.54) is 19.6 Å². The number of amides is 2. The number of benzene rings is 1. The van der Waals surface area contributed by atoms with Gasteiger partial charge in [-0.1, -0.05) is 30.3 Å². The summed E-state index contributed by atoms with van der Waals surface area (Å²) < 4.78 is 12.4. The van der Waals surface area contributed by atoms with Crippen molar-refractivity contribution in [3.8, 4) is 0 Å². The molecule has 12 nitrogen and oxygen atoms in total. The predicted octanol–water partition coefficient (Wildman–Crippen LogP) is 1.94. The molecular formula is C24H31N7O5. The van der Waals surface area contributed by atoms with Crippen molar-refractivity contribution in [2.75, 3.05) is 5.73 Å². The number of rotatable bonds is 9. The molecule has 0 bridgehead atoms. The molecule has 0 fully saturated rings. The van der Waals surface area contributed by atoms with Gasteiger partial charge in [0.15, 0.2) is 11.5 Å². The van der Waals surface area contributed by atoms with E-state index in [9.17, 15) is 14.4 Å². The third-order valence-corrected chi connectivity index (χ3v) is 5.04. The van der Waals surface area contributed by atoms with Gasteiger partial charge >= 0.3 is 12.1 Å². The number of esters is 1. The van der Waals surface area contributed by atoms with Gasteiger partial charge in [0, 0.05) is 6.54 Å². The summed E-state index contributed by atoms with van der Waals surface area (Å²) >= 11 is 0. The first-order valence-corrected chi connectivity index (χ1v) is 11.5. The van der Waals surface area contributed by atoms with E-state index in [4.69, 9.17) is 15.2 Å². The number of fused-ring (bicyclic) bond motifs is 1. The highest BCUT2D eigenvalue weighted by Crippen LogP contribution is 2.15. The smallest absolute Gasteiger partial charge is 0.408 e. The molecule has 0 saturated carbocycles. The fraction of sp³-hybridized carbons (Fsp3) is 0.417. The van der Waals surface area contributed by atoms with Crippen LogP contribution in [0.4, 0.5) is 10.6 Å². The number of anilines is 1. The number of hydrogen-bond donors (Lipinski definition) is 3. The SMILES string of the molecule is C[C@@H](NC(=O)OC(C)(C)C)C(=O)N[C@@H](CCn1cnc2c(N)ncnc21)C(=O)OCc1ccccc1. The maximum Gasteiger partial charge on any atom is 0.408 e. The molecule has 3 aromatic rings. The van der Waals surface area contributed by atoms with E-state index in [2.05, 4.69) is 25.6 Å². The van der Waals surface area contributed by atoms with Gasteiger partial charge in [-0.2, -0.15) is 0 Å². The highest BCUT2D eigenvalue weighted by molar-refractivity contribution is 5.89. The van der Waals surface area contributed by atoms with Crippen LogP contribution in [0.15, 0.2) is 43.0 Å². The van der Waals surface area contributed by atoms with Crippen molar-refractivity contribution in [1.82, 2.24) is 30.2 Å². The average Bonchev–Trinajstić information content (AvgIpc) is 3.23. The summed E-state index contributed by atoms with van der Waals surface area (Å²) in [4.78, 5) is 50.1. The van der Waals surface area contributed by atoms with Crippen molar-refractivity contribution < 1.29 is 23.9 Å². The minimum absolute atomic E-state index is 0.0511. The van der Waals surface area contributed by atoms with Crippen LogP contribution in [0.1, 0.15) is 39.7 Å². The Bertz CT molecular complexity index is 1210. The molecule has 0 saturated heterocycles. The molecule has 2 heterocycles. The van der Waals surface area contributed by atoms with Crippen LogP contribution < -0.4 is 16.4 Å². The quantitative estimate of drug-likeness (QED) is 0.375. The Morgan fingerprint density at radius 2 is 1.81 bits per heavy atom. The topological polar surface area (TPSA) is 163 Å². The van der Waals surface area contributed by atoms with E-state index < -0.39 is 35.7 Å². The molecule has 192 valence electrons. The number of carbonyl (C=O) groups excluding carboxylic acids is 3. The zero-order valence-electron chi connectivity index (χ0n) is 20.7. The van der Waals surface area contributed by atoms with E-state index in [-0.39, 0.29) is 25.4 Å². The van der Waals surface area contributed by atoms with Gasteiger partial charge in [-0.05, 0) is 39.7 Å². The third kappa shape index (κ3) is 7.39. The number of aromatic nitrogens is 4. The molecular weight excluding hydrogens is 466 g/mol. The summed E-state index contributed by atoms with van der Waals surface area (Å²) in [5, 5.41) is 5.14. The van der Waals surface area contributed by atoms with Crippen LogP contribution in [0.25, 0.3) is 11.2 Å². The van der Waals surface area contributed by atoms with E-state index in [0.29, 0.717) is 11.2 Å². The number of carbonyl (C=O) groups is 3. The molecule has 0 aliphatic heterocycles.